The van der Waals surface area contributed by atoms with E-state index in [4.69, 9.17) is 0 Å². The van der Waals surface area contributed by atoms with Crippen molar-refractivity contribution in [2.45, 2.75) is 19.9 Å². The monoisotopic (exact) mass is 308 g/mol. The lowest BCUT2D eigenvalue weighted by Gasteiger charge is -2.30. The highest BCUT2D eigenvalue weighted by molar-refractivity contribution is 7.89. The molecule has 21 heavy (non-hydrogen) atoms. The van der Waals surface area contributed by atoms with Gasteiger partial charge in [-0.3, -0.25) is 4.79 Å². The fourth-order valence-electron chi connectivity index (χ4n) is 3.10. The maximum Gasteiger partial charge on any atom is 0.238 e. The van der Waals surface area contributed by atoms with Crippen molar-refractivity contribution in [3.8, 4) is 0 Å². The van der Waals surface area contributed by atoms with E-state index in [1.165, 1.54) is 9.87 Å². The molecule has 2 aliphatic rings. The highest BCUT2D eigenvalue weighted by Gasteiger charge is 2.35. The van der Waals surface area contributed by atoms with Crippen molar-refractivity contribution in [2.75, 3.05) is 25.4 Å². The summed E-state index contributed by atoms with van der Waals surface area (Å²) in [6, 6.07) is 8.10. The number of amides is 1. The molecule has 1 aromatic rings. The summed E-state index contributed by atoms with van der Waals surface area (Å²) < 4.78 is 25.2. The molecule has 0 aliphatic carbocycles. The van der Waals surface area contributed by atoms with Crippen molar-refractivity contribution in [1.29, 1.82) is 0 Å². The molecule has 1 amide bonds. The highest BCUT2D eigenvalue weighted by atomic mass is 32.2. The van der Waals surface area contributed by atoms with Gasteiger partial charge in [0.25, 0.3) is 0 Å². The first kappa shape index (κ1) is 14.5. The first-order valence-corrected chi connectivity index (χ1v) is 8.89. The van der Waals surface area contributed by atoms with Gasteiger partial charge < -0.3 is 4.90 Å². The molecule has 1 saturated heterocycles. The molecule has 2 heterocycles. The van der Waals surface area contributed by atoms with E-state index in [1.807, 2.05) is 25.1 Å². The molecule has 1 fully saturated rings. The summed E-state index contributed by atoms with van der Waals surface area (Å²) in [5.41, 5.74) is 2.44. The quantitative estimate of drug-likeness (QED) is 0.814. The zero-order valence-electron chi connectivity index (χ0n) is 12.2. The average Bonchev–Trinajstić information content (AvgIpc) is 2.70. The summed E-state index contributed by atoms with van der Waals surface area (Å²) in [4.78, 5) is 14.1. The minimum Gasteiger partial charge on any atom is -0.337 e. The number of benzene rings is 1. The largest absolute Gasteiger partial charge is 0.337 e. The highest BCUT2D eigenvalue weighted by Crippen LogP contribution is 2.21. The van der Waals surface area contributed by atoms with Crippen LogP contribution in [0.2, 0.25) is 0 Å². The number of rotatable bonds is 2. The van der Waals surface area contributed by atoms with Gasteiger partial charge in [-0.2, -0.15) is 4.31 Å². The van der Waals surface area contributed by atoms with Gasteiger partial charge in [-0.15, -0.1) is 0 Å². The summed E-state index contributed by atoms with van der Waals surface area (Å²) in [6.45, 7) is 3.59. The van der Waals surface area contributed by atoms with E-state index in [0.29, 0.717) is 19.6 Å². The lowest BCUT2D eigenvalue weighted by Crippen LogP contribution is -2.43. The van der Waals surface area contributed by atoms with Gasteiger partial charge in [0.1, 0.15) is 0 Å². The van der Waals surface area contributed by atoms with Crippen LogP contribution in [-0.4, -0.2) is 48.9 Å². The Morgan fingerprint density at radius 2 is 2.00 bits per heavy atom. The first-order valence-electron chi connectivity index (χ1n) is 7.28. The van der Waals surface area contributed by atoms with Crippen LogP contribution in [0.3, 0.4) is 0 Å². The van der Waals surface area contributed by atoms with Crippen LogP contribution < -0.4 is 0 Å². The Hall–Kier alpha value is -1.40. The number of hydrogen-bond donors (Lipinski definition) is 0. The predicted octanol–water partition coefficient (Wildman–Crippen LogP) is 0.853. The summed E-state index contributed by atoms with van der Waals surface area (Å²) in [7, 11) is -3.24. The topological polar surface area (TPSA) is 57.7 Å². The Morgan fingerprint density at radius 3 is 2.67 bits per heavy atom. The average molecular weight is 308 g/mol. The molecular formula is C15H20N2O3S. The second-order valence-electron chi connectivity index (χ2n) is 6.01. The predicted molar refractivity (Wildman–Crippen MR) is 80.1 cm³/mol. The van der Waals surface area contributed by atoms with Crippen molar-refractivity contribution in [2.24, 2.45) is 5.92 Å². The summed E-state index contributed by atoms with van der Waals surface area (Å²) in [5.74, 6) is 0.162. The Labute approximate surface area is 125 Å². The molecule has 0 bridgehead atoms. The van der Waals surface area contributed by atoms with Gasteiger partial charge in [0.05, 0.1) is 12.3 Å². The molecule has 2 aliphatic heterocycles. The van der Waals surface area contributed by atoms with Gasteiger partial charge in [0.15, 0.2) is 0 Å². The second-order valence-corrected chi connectivity index (χ2v) is 8.02. The van der Waals surface area contributed by atoms with E-state index in [-0.39, 0.29) is 24.1 Å². The van der Waals surface area contributed by atoms with Crippen LogP contribution in [0.1, 0.15) is 18.1 Å². The molecule has 3 rings (SSSR count). The molecule has 1 unspecified atom stereocenters. The van der Waals surface area contributed by atoms with Gasteiger partial charge in [0, 0.05) is 19.6 Å². The third-order valence-electron chi connectivity index (χ3n) is 4.20. The minimum atomic E-state index is -3.24. The van der Waals surface area contributed by atoms with Crippen LogP contribution in [-0.2, 0) is 27.8 Å². The third kappa shape index (κ3) is 2.96. The standard InChI is InChI=1S/C15H20N2O3S/c1-12-8-17(21(19,20)11-12)10-15(18)16-7-6-13-4-2-3-5-14(13)9-16/h2-5,12H,6-11H2,1H3. The van der Waals surface area contributed by atoms with E-state index in [1.54, 1.807) is 4.90 Å². The Balaban J connectivity index is 1.68. The fourth-order valence-corrected chi connectivity index (χ4v) is 4.93. The molecule has 0 spiro atoms. The zero-order valence-corrected chi connectivity index (χ0v) is 13.0. The molecule has 0 aromatic heterocycles. The van der Waals surface area contributed by atoms with Gasteiger partial charge in [-0.25, -0.2) is 8.42 Å². The third-order valence-corrected chi connectivity index (χ3v) is 6.25. The van der Waals surface area contributed by atoms with Gasteiger partial charge in [-0.1, -0.05) is 31.2 Å². The van der Waals surface area contributed by atoms with E-state index in [2.05, 4.69) is 6.07 Å². The maximum absolute atomic E-state index is 12.4. The van der Waals surface area contributed by atoms with Crippen molar-refractivity contribution < 1.29 is 13.2 Å². The molecule has 1 aromatic carbocycles. The number of fused-ring (bicyclic) bond motifs is 1. The van der Waals surface area contributed by atoms with E-state index < -0.39 is 10.0 Å². The Bertz CT molecular complexity index is 657. The molecule has 0 saturated carbocycles. The normalized spacial score (nSPS) is 24.8. The molecular weight excluding hydrogens is 288 g/mol. The molecule has 5 nitrogen and oxygen atoms in total. The van der Waals surface area contributed by atoms with Crippen LogP contribution in [0.5, 0.6) is 0 Å². The molecule has 6 heteroatoms. The van der Waals surface area contributed by atoms with Crippen molar-refractivity contribution in [3.63, 3.8) is 0 Å². The minimum absolute atomic E-state index is 0.0190. The summed E-state index contributed by atoms with van der Waals surface area (Å²) in [6.07, 6.45) is 0.838. The summed E-state index contributed by atoms with van der Waals surface area (Å²) >= 11 is 0. The second kappa shape index (κ2) is 5.42. The van der Waals surface area contributed by atoms with Crippen LogP contribution in [0, 0.1) is 5.92 Å². The van der Waals surface area contributed by atoms with Crippen molar-refractivity contribution in [1.82, 2.24) is 9.21 Å². The smallest absolute Gasteiger partial charge is 0.238 e. The Kier molecular flexibility index (Phi) is 3.75. The SMILES string of the molecule is CC1CN(CC(=O)N2CCc3ccccc3C2)S(=O)(=O)C1. The number of hydrogen-bond acceptors (Lipinski definition) is 3. The molecule has 1 atom stereocenters. The van der Waals surface area contributed by atoms with Gasteiger partial charge in [-0.05, 0) is 23.5 Å². The van der Waals surface area contributed by atoms with E-state index in [0.717, 1.165) is 12.0 Å². The van der Waals surface area contributed by atoms with Crippen LogP contribution in [0.4, 0.5) is 0 Å². The number of carbonyl (C=O) groups is 1. The number of carbonyl (C=O) groups excluding carboxylic acids is 1. The zero-order chi connectivity index (χ0) is 15.0. The van der Waals surface area contributed by atoms with Crippen LogP contribution >= 0.6 is 0 Å². The van der Waals surface area contributed by atoms with Gasteiger partial charge >= 0.3 is 0 Å². The molecule has 0 N–H and O–H groups in total. The lowest BCUT2D eigenvalue weighted by molar-refractivity contribution is -0.132. The molecule has 0 radical (unpaired) electrons. The van der Waals surface area contributed by atoms with E-state index >= 15 is 0 Å². The van der Waals surface area contributed by atoms with Crippen molar-refractivity contribution >= 4 is 15.9 Å². The van der Waals surface area contributed by atoms with Crippen LogP contribution in [0.15, 0.2) is 24.3 Å². The van der Waals surface area contributed by atoms with Crippen molar-refractivity contribution in [3.05, 3.63) is 35.4 Å². The van der Waals surface area contributed by atoms with Gasteiger partial charge in [0.2, 0.25) is 15.9 Å². The lowest BCUT2D eigenvalue weighted by atomic mass is 10.00. The molecule has 114 valence electrons. The maximum atomic E-state index is 12.4. The van der Waals surface area contributed by atoms with E-state index in [9.17, 15) is 13.2 Å². The Morgan fingerprint density at radius 1 is 1.29 bits per heavy atom. The number of sulfonamides is 1. The number of nitrogens with zero attached hydrogens (tertiary/aromatic N) is 2. The van der Waals surface area contributed by atoms with Crippen LogP contribution in [0.25, 0.3) is 0 Å². The fraction of sp³-hybridized carbons (Fsp3) is 0.533. The first-order chi connectivity index (χ1) is 9.95. The summed E-state index contributed by atoms with van der Waals surface area (Å²) in [5, 5.41) is 0.